The maximum atomic E-state index is 11.2. The van der Waals surface area contributed by atoms with Crippen molar-refractivity contribution >= 4 is 51.9 Å². The second kappa shape index (κ2) is 9.82. The molecule has 0 saturated heterocycles. The Morgan fingerprint density at radius 1 is 0.968 bits per heavy atom. The number of aromatic nitrogens is 1. The van der Waals surface area contributed by atoms with Gasteiger partial charge in [-0.25, -0.2) is 0 Å². The van der Waals surface area contributed by atoms with Crippen molar-refractivity contribution in [2.75, 3.05) is 0 Å². The molecule has 0 aliphatic carbocycles. The lowest BCUT2D eigenvalue weighted by Crippen LogP contribution is -2.41. The summed E-state index contributed by atoms with van der Waals surface area (Å²) in [6.45, 7) is 7.01. The lowest BCUT2D eigenvalue weighted by Gasteiger charge is -2.18. The monoisotopic (exact) mass is 471 g/mol. The molecule has 2 N–H and O–H groups in total. The zero-order valence-electron chi connectivity index (χ0n) is 17.7. The van der Waals surface area contributed by atoms with E-state index >= 15 is 0 Å². The molecule has 0 aliphatic heterocycles. The van der Waals surface area contributed by atoms with Gasteiger partial charge in [0.15, 0.2) is 23.1 Å². The minimum Gasteiger partial charge on any atom is -0.502 e. The third-order valence-corrected chi connectivity index (χ3v) is 5.96. The predicted molar refractivity (Wildman–Crippen MR) is 133 cm³/mol. The third-order valence-electron chi connectivity index (χ3n) is 4.88. The molecular formula is C25H25Cl2N2OS+. The molecular weight excluding hydrogens is 447 g/mol. The summed E-state index contributed by atoms with van der Waals surface area (Å²) in [5.74, 6) is 0.0117. The largest absolute Gasteiger partial charge is 0.502 e. The molecule has 0 unspecified atom stereocenters. The van der Waals surface area contributed by atoms with Gasteiger partial charge in [-0.3, -0.25) is 0 Å². The van der Waals surface area contributed by atoms with Crippen molar-refractivity contribution in [3.63, 3.8) is 0 Å². The maximum absolute atomic E-state index is 11.2. The molecule has 3 rings (SSSR count). The minimum absolute atomic E-state index is 0.0117. The molecule has 0 aliphatic rings. The summed E-state index contributed by atoms with van der Waals surface area (Å²) < 4.78 is 1.81. The van der Waals surface area contributed by atoms with Crippen LogP contribution in [0.3, 0.4) is 0 Å². The SMILES string of the molecule is CC(C)(C)c1cc[n+](/C(C(=S)NCc2ccccc2)=C(\O)c2ccc(Cl)c(Cl)c2)cc1. The zero-order chi connectivity index (χ0) is 22.6. The highest BCUT2D eigenvalue weighted by molar-refractivity contribution is 7.81. The van der Waals surface area contributed by atoms with Crippen LogP contribution in [0.4, 0.5) is 0 Å². The van der Waals surface area contributed by atoms with Gasteiger partial charge in [-0.15, -0.1) is 0 Å². The fourth-order valence-electron chi connectivity index (χ4n) is 3.06. The van der Waals surface area contributed by atoms with E-state index in [0.717, 1.165) is 5.56 Å². The number of pyridine rings is 1. The van der Waals surface area contributed by atoms with Gasteiger partial charge in [0, 0.05) is 24.2 Å². The average Bonchev–Trinajstić information content (AvgIpc) is 2.75. The second-order valence-electron chi connectivity index (χ2n) is 8.24. The molecule has 0 bridgehead atoms. The summed E-state index contributed by atoms with van der Waals surface area (Å²) in [4.78, 5) is 0.418. The Labute approximate surface area is 199 Å². The van der Waals surface area contributed by atoms with Crippen molar-refractivity contribution in [2.45, 2.75) is 32.7 Å². The number of hydrogen-bond acceptors (Lipinski definition) is 2. The number of aliphatic hydroxyl groups is 1. The lowest BCUT2D eigenvalue weighted by molar-refractivity contribution is -0.576. The smallest absolute Gasteiger partial charge is 0.287 e. The van der Waals surface area contributed by atoms with Gasteiger partial charge >= 0.3 is 0 Å². The number of rotatable bonds is 5. The molecule has 0 spiro atoms. The molecule has 1 heterocycles. The Bertz CT molecular complexity index is 1100. The number of hydrogen-bond donors (Lipinski definition) is 2. The highest BCUT2D eigenvalue weighted by atomic mass is 35.5. The molecule has 0 atom stereocenters. The highest BCUT2D eigenvalue weighted by Crippen LogP contribution is 2.27. The summed E-state index contributed by atoms with van der Waals surface area (Å²) >= 11 is 17.9. The van der Waals surface area contributed by atoms with Crippen LogP contribution in [-0.4, -0.2) is 10.1 Å². The number of benzene rings is 2. The van der Waals surface area contributed by atoms with E-state index in [0.29, 0.717) is 32.8 Å². The Balaban J connectivity index is 2.02. The molecule has 0 amide bonds. The van der Waals surface area contributed by atoms with Crippen LogP contribution in [0.2, 0.25) is 10.0 Å². The first kappa shape index (κ1) is 23.3. The number of nitrogens with zero attached hydrogens (tertiary/aromatic N) is 1. The summed E-state index contributed by atoms with van der Waals surface area (Å²) in [6, 6.07) is 19.0. The minimum atomic E-state index is 0.0117. The summed E-state index contributed by atoms with van der Waals surface area (Å²) in [5, 5.41) is 15.2. The van der Waals surface area contributed by atoms with E-state index in [2.05, 4.69) is 26.1 Å². The predicted octanol–water partition coefficient (Wildman–Crippen LogP) is 6.58. The molecule has 6 heteroatoms. The first-order valence-electron chi connectivity index (χ1n) is 9.90. The standard InChI is InChI=1S/C25H24Cl2N2OS/c1-25(2,3)19-11-13-29(14-12-19)22(23(30)18-9-10-20(26)21(27)15-18)24(31)28-16-17-7-5-4-6-8-17/h4-15H,16H2,1-3H3,(H-,28,30,31)/p+1. The lowest BCUT2D eigenvalue weighted by atomic mass is 9.88. The van der Waals surface area contributed by atoms with E-state index < -0.39 is 0 Å². The van der Waals surface area contributed by atoms with E-state index in [1.807, 2.05) is 59.4 Å². The Kier molecular flexibility index (Phi) is 7.37. The van der Waals surface area contributed by atoms with Crippen LogP contribution in [-0.2, 0) is 12.0 Å². The Morgan fingerprint density at radius 3 is 2.19 bits per heavy atom. The molecule has 3 aromatic rings. The Hall–Kier alpha value is -2.40. The average molecular weight is 472 g/mol. The molecule has 160 valence electrons. The maximum Gasteiger partial charge on any atom is 0.287 e. The van der Waals surface area contributed by atoms with Crippen LogP contribution < -0.4 is 9.88 Å². The summed E-state index contributed by atoms with van der Waals surface area (Å²) in [7, 11) is 0. The molecule has 1 aromatic heterocycles. The van der Waals surface area contributed by atoms with Crippen molar-refractivity contribution in [1.29, 1.82) is 0 Å². The Morgan fingerprint density at radius 2 is 1.61 bits per heavy atom. The molecule has 0 radical (unpaired) electrons. The van der Waals surface area contributed by atoms with E-state index in [9.17, 15) is 5.11 Å². The van der Waals surface area contributed by atoms with Gasteiger partial charge in [0.2, 0.25) is 0 Å². The van der Waals surface area contributed by atoms with Gasteiger partial charge in [0.05, 0.1) is 10.0 Å². The second-order valence-corrected chi connectivity index (χ2v) is 9.46. The van der Waals surface area contributed by atoms with Crippen molar-refractivity contribution < 1.29 is 9.67 Å². The topological polar surface area (TPSA) is 36.1 Å². The first-order chi connectivity index (χ1) is 14.7. The van der Waals surface area contributed by atoms with Crippen molar-refractivity contribution in [3.8, 4) is 0 Å². The third kappa shape index (κ3) is 5.85. The van der Waals surface area contributed by atoms with Gasteiger partial charge < -0.3 is 10.4 Å². The fourth-order valence-corrected chi connectivity index (χ4v) is 3.64. The first-order valence-corrected chi connectivity index (χ1v) is 11.1. The van der Waals surface area contributed by atoms with Gasteiger partial charge in [-0.2, -0.15) is 4.57 Å². The van der Waals surface area contributed by atoms with Crippen LogP contribution in [0.1, 0.15) is 37.5 Å². The number of halogens is 2. The van der Waals surface area contributed by atoms with Crippen molar-refractivity contribution in [2.24, 2.45) is 0 Å². The molecule has 0 saturated carbocycles. The number of thiocarbonyl (C=S) groups is 1. The summed E-state index contributed by atoms with van der Waals surface area (Å²) in [5.41, 5.74) is 3.28. The van der Waals surface area contributed by atoms with Gasteiger partial charge in [0.1, 0.15) is 0 Å². The molecule has 3 nitrogen and oxygen atoms in total. The summed E-state index contributed by atoms with van der Waals surface area (Å²) in [6.07, 6.45) is 3.81. The molecule has 0 fully saturated rings. The zero-order valence-corrected chi connectivity index (χ0v) is 20.0. The van der Waals surface area contributed by atoms with Crippen LogP contribution in [0, 0.1) is 0 Å². The van der Waals surface area contributed by atoms with Crippen molar-refractivity contribution in [1.82, 2.24) is 5.32 Å². The quantitative estimate of drug-likeness (QED) is 0.191. The highest BCUT2D eigenvalue weighted by Gasteiger charge is 2.25. The van der Waals surface area contributed by atoms with E-state index in [4.69, 9.17) is 35.4 Å². The molecule has 31 heavy (non-hydrogen) atoms. The van der Waals surface area contributed by atoms with Gasteiger partial charge in [-0.1, -0.05) is 86.5 Å². The van der Waals surface area contributed by atoms with Gasteiger partial charge in [-0.05, 0) is 34.7 Å². The van der Waals surface area contributed by atoms with Crippen molar-refractivity contribution in [3.05, 3.63) is 99.8 Å². The van der Waals surface area contributed by atoms with Crippen LogP contribution in [0.25, 0.3) is 11.5 Å². The van der Waals surface area contributed by atoms with E-state index in [1.54, 1.807) is 18.2 Å². The van der Waals surface area contributed by atoms with Crippen LogP contribution >= 0.6 is 35.4 Å². The normalized spacial score (nSPS) is 12.3. The fraction of sp³-hybridized carbons (Fsp3) is 0.200. The molecule has 2 aromatic carbocycles. The number of aliphatic hydroxyl groups excluding tert-OH is 1. The van der Waals surface area contributed by atoms with Gasteiger partial charge in [0.25, 0.3) is 5.70 Å². The van der Waals surface area contributed by atoms with E-state index in [-0.39, 0.29) is 11.2 Å². The van der Waals surface area contributed by atoms with Crippen LogP contribution in [0.15, 0.2) is 73.1 Å². The number of nitrogens with one attached hydrogen (secondary N) is 1. The van der Waals surface area contributed by atoms with E-state index in [1.165, 1.54) is 5.56 Å². The van der Waals surface area contributed by atoms with Crippen LogP contribution in [0.5, 0.6) is 0 Å².